The third-order valence-corrected chi connectivity index (χ3v) is 2.48. The van der Waals surface area contributed by atoms with Gasteiger partial charge in [0.05, 0.1) is 12.5 Å². The van der Waals surface area contributed by atoms with Crippen LogP contribution in [0.2, 0.25) is 0 Å². The molecule has 2 rings (SSSR count). The molecule has 1 amide bonds. The first-order valence-corrected chi connectivity index (χ1v) is 4.95. The molecule has 1 unspecified atom stereocenters. The molecule has 15 heavy (non-hydrogen) atoms. The number of hydrogen-bond acceptors (Lipinski definition) is 4. The molecule has 5 nitrogen and oxygen atoms in total. The Kier molecular flexibility index (Phi) is 2.73. The van der Waals surface area contributed by atoms with Gasteiger partial charge in [-0.05, 0) is 0 Å². The Bertz CT molecular complexity index is 385. The molecule has 1 aliphatic rings. The molecule has 0 saturated carbocycles. The topological polar surface area (TPSA) is 55.3 Å². The molecule has 1 atom stereocenters. The van der Waals surface area contributed by atoms with Crippen molar-refractivity contribution in [1.82, 2.24) is 9.97 Å². The fourth-order valence-corrected chi connectivity index (χ4v) is 1.74. The summed E-state index contributed by atoms with van der Waals surface area (Å²) in [4.78, 5) is 20.9. The molecule has 0 bridgehead atoms. The van der Waals surface area contributed by atoms with Crippen molar-refractivity contribution in [3.8, 4) is 5.88 Å². The number of hydrogen-bond donors (Lipinski definition) is 0. The summed E-state index contributed by atoms with van der Waals surface area (Å²) in [5, 5.41) is -0.140. The largest absolute Gasteiger partial charge is 0.481 e. The molecule has 0 N–H and O–H groups in total. The van der Waals surface area contributed by atoms with Crippen LogP contribution in [0.3, 0.4) is 0 Å². The smallest absolute Gasteiger partial charge is 0.229 e. The predicted octanol–water partition coefficient (Wildman–Crippen LogP) is 0.829. The molecule has 1 saturated heterocycles. The molecule has 0 aliphatic carbocycles. The number of aromatic nitrogens is 2. The summed E-state index contributed by atoms with van der Waals surface area (Å²) in [5.74, 6) is 0.955. The Hall–Kier alpha value is -1.36. The van der Waals surface area contributed by atoms with Gasteiger partial charge in [0, 0.05) is 19.0 Å². The van der Waals surface area contributed by atoms with E-state index in [2.05, 4.69) is 9.97 Å². The minimum Gasteiger partial charge on any atom is -0.481 e. The van der Waals surface area contributed by atoms with Crippen molar-refractivity contribution in [1.29, 1.82) is 0 Å². The van der Waals surface area contributed by atoms with E-state index in [0.717, 1.165) is 0 Å². The molecule has 0 aromatic carbocycles. The fourth-order valence-electron chi connectivity index (χ4n) is 1.47. The fraction of sp³-hybridized carbons (Fsp3) is 0.444. The van der Waals surface area contributed by atoms with Gasteiger partial charge in [0.15, 0.2) is 0 Å². The Morgan fingerprint density at radius 2 is 2.40 bits per heavy atom. The first-order valence-electron chi connectivity index (χ1n) is 4.51. The van der Waals surface area contributed by atoms with Crippen molar-refractivity contribution in [2.24, 2.45) is 0 Å². The van der Waals surface area contributed by atoms with Crippen molar-refractivity contribution in [2.45, 2.75) is 11.8 Å². The van der Waals surface area contributed by atoms with E-state index >= 15 is 0 Å². The molecular formula is C9H10ClN3O2. The van der Waals surface area contributed by atoms with Crippen LogP contribution in [0.1, 0.15) is 6.42 Å². The van der Waals surface area contributed by atoms with Crippen molar-refractivity contribution >= 4 is 23.3 Å². The average molecular weight is 228 g/mol. The Morgan fingerprint density at radius 3 is 3.00 bits per heavy atom. The quantitative estimate of drug-likeness (QED) is 0.703. The zero-order valence-corrected chi connectivity index (χ0v) is 8.94. The first kappa shape index (κ1) is 10.2. The third-order valence-electron chi connectivity index (χ3n) is 2.19. The van der Waals surface area contributed by atoms with Crippen molar-refractivity contribution in [2.75, 3.05) is 18.6 Å². The van der Waals surface area contributed by atoms with E-state index in [0.29, 0.717) is 24.7 Å². The highest BCUT2D eigenvalue weighted by atomic mass is 35.5. The van der Waals surface area contributed by atoms with Gasteiger partial charge in [-0.1, -0.05) is 0 Å². The summed E-state index contributed by atoms with van der Waals surface area (Å²) in [6.45, 7) is 0.487. The number of methoxy groups -OCH3 is 1. The molecule has 6 heteroatoms. The Balaban J connectivity index is 2.25. The van der Waals surface area contributed by atoms with Crippen LogP contribution >= 0.6 is 11.6 Å². The van der Waals surface area contributed by atoms with Crippen LogP contribution < -0.4 is 9.64 Å². The molecule has 1 aromatic rings. The zero-order chi connectivity index (χ0) is 10.8. The maximum atomic E-state index is 11.5. The van der Waals surface area contributed by atoms with Crippen LogP contribution in [0.25, 0.3) is 0 Å². The van der Waals surface area contributed by atoms with Gasteiger partial charge in [-0.15, -0.1) is 11.6 Å². The van der Waals surface area contributed by atoms with E-state index in [9.17, 15) is 4.79 Å². The second-order valence-corrected chi connectivity index (χ2v) is 3.84. The lowest BCUT2D eigenvalue weighted by atomic mass is 10.4. The summed E-state index contributed by atoms with van der Waals surface area (Å²) in [6, 6.07) is 1.62. The second-order valence-electron chi connectivity index (χ2n) is 3.22. The standard InChI is InChI=1S/C9H10ClN3O2/c1-15-8-3-7(11-5-12-8)13-4-6(10)2-9(13)14/h3,5-6H,2,4H2,1H3. The number of rotatable bonds is 2. The van der Waals surface area contributed by atoms with E-state index in [4.69, 9.17) is 16.3 Å². The molecular weight excluding hydrogens is 218 g/mol. The molecule has 0 radical (unpaired) electrons. The third kappa shape index (κ3) is 2.02. The van der Waals surface area contributed by atoms with E-state index in [1.54, 1.807) is 11.0 Å². The summed E-state index contributed by atoms with van der Waals surface area (Å²) in [6.07, 6.45) is 1.72. The van der Waals surface area contributed by atoms with Gasteiger partial charge in [-0.25, -0.2) is 9.97 Å². The van der Waals surface area contributed by atoms with Gasteiger partial charge in [0.1, 0.15) is 12.1 Å². The van der Waals surface area contributed by atoms with Gasteiger partial charge in [0.2, 0.25) is 11.8 Å². The number of anilines is 1. The highest BCUT2D eigenvalue weighted by Crippen LogP contribution is 2.23. The summed E-state index contributed by atoms with van der Waals surface area (Å²) in [5.41, 5.74) is 0. The van der Waals surface area contributed by atoms with Gasteiger partial charge in [0.25, 0.3) is 0 Å². The summed E-state index contributed by atoms with van der Waals surface area (Å²) < 4.78 is 4.95. The molecule has 80 valence electrons. The first-order chi connectivity index (χ1) is 7.20. The van der Waals surface area contributed by atoms with Gasteiger partial charge < -0.3 is 4.74 Å². The number of carbonyl (C=O) groups is 1. The second kappa shape index (κ2) is 4.02. The van der Waals surface area contributed by atoms with Crippen molar-refractivity contribution in [3.05, 3.63) is 12.4 Å². The molecule has 1 fully saturated rings. The molecule has 2 heterocycles. The highest BCUT2D eigenvalue weighted by Gasteiger charge is 2.30. The highest BCUT2D eigenvalue weighted by molar-refractivity contribution is 6.24. The predicted molar refractivity (Wildman–Crippen MR) is 55.2 cm³/mol. The van der Waals surface area contributed by atoms with Crippen LogP contribution in [0, 0.1) is 0 Å². The van der Waals surface area contributed by atoms with Gasteiger partial charge >= 0.3 is 0 Å². The van der Waals surface area contributed by atoms with Crippen LogP contribution in [0.4, 0.5) is 5.82 Å². The SMILES string of the molecule is COc1cc(N2CC(Cl)CC2=O)ncn1. The Labute approximate surface area is 92.0 Å². The number of alkyl halides is 1. The zero-order valence-electron chi connectivity index (χ0n) is 8.18. The summed E-state index contributed by atoms with van der Waals surface area (Å²) >= 11 is 5.89. The number of ether oxygens (including phenoxy) is 1. The van der Waals surface area contributed by atoms with Gasteiger partial charge in [-0.3, -0.25) is 9.69 Å². The van der Waals surface area contributed by atoms with Crippen molar-refractivity contribution < 1.29 is 9.53 Å². The van der Waals surface area contributed by atoms with E-state index in [1.165, 1.54) is 13.4 Å². The minimum atomic E-state index is -0.140. The normalized spacial score (nSPS) is 20.8. The molecule has 1 aromatic heterocycles. The lowest BCUT2D eigenvalue weighted by Crippen LogP contribution is -2.25. The van der Waals surface area contributed by atoms with Gasteiger partial charge in [-0.2, -0.15) is 0 Å². The number of halogens is 1. The summed E-state index contributed by atoms with van der Waals surface area (Å²) in [7, 11) is 1.52. The maximum Gasteiger partial charge on any atom is 0.229 e. The van der Waals surface area contributed by atoms with Crippen LogP contribution in [-0.4, -0.2) is 34.9 Å². The van der Waals surface area contributed by atoms with Crippen LogP contribution in [0.15, 0.2) is 12.4 Å². The Morgan fingerprint density at radius 1 is 1.60 bits per heavy atom. The number of carbonyl (C=O) groups excluding carboxylic acids is 1. The van der Waals surface area contributed by atoms with E-state index in [1.807, 2.05) is 0 Å². The number of amides is 1. The lowest BCUT2D eigenvalue weighted by molar-refractivity contribution is -0.117. The van der Waals surface area contributed by atoms with E-state index in [-0.39, 0.29) is 11.3 Å². The molecule has 1 aliphatic heterocycles. The minimum absolute atomic E-state index is 0.0178. The van der Waals surface area contributed by atoms with Crippen LogP contribution in [0.5, 0.6) is 5.88 Å². The molecule has 0 spiro atoms. The average Bonchev–Trinajstić information content (AvgIpc) is 2.58. The van der Waals surface area contributed by atoms with Crippen molar-refractivity contribution in [3.63, 3.8) is 0 Å². The van der Waals surface area contributed by atoms with E-state index < -0.39 is 0 Å². The lowest BCUT2D eigenvalue weighted by Gasteiger charge is -2.14. The monoisotopic (exact) mass is 227 g/mol. The number of nitrogens with zero attached hydrogens (tertiary/aromatic N) is 3. The van der Waals surface area contributed by atoms with Crippen LogP contribution in [-0.2, 0) is 4.79 Å². The maximum absolute atomic E-state index is 11.5.